The van der Waals surface area contributed by atoms with Crippen LogP contribution in [0.3, 0.4) is 0 Å². The van der Waals surface area contributed by atoms with E-state index in [0.717, 1.165) is 11.1 Å². The molecule has 1 unspecified atom stereocenters. The first-order chi connectivity index (χ1) is 10.2. The van der Waals surface area contributed by atoms with E-state index < -0.39 is 0 Å². The lowest BCUT2D eigenvalue weighted by Gasteiger charge is -2.27. The van der Waals surface area contributed by atoms with Gasteiger partial charge in [-0.1, -0.05) is 24.3 Å². The Balaban J connectivity index is 1.75. The Bertz CT molecular complexity index is 459. The molecule has 1 amide bonds. The number of nitrogens with zero attached hydrogens (tertiary/aromatic N) is 1. The van der Waals surface area contributed by atoms with Gasteiger partial charge < -0.3 is 20.1 Å². The zero-order chi connectivity index (χ0) is 15.1. The molecular weight excluding hydrogens is 268 g/mol. The van der Waals surface area contributed by atoms with Gasteiger partial charge in [-0.15, -0.1) is 0 Å². The van der Waals surface area contributed by atoms with Gasteiger partial charge in [0.1, 0.15) is 0 Å². The fraction of sp³-hybridized carbons (Fsp3) is 0.562. The fourth-order valence-electron chi connectivity index (χ4n) is 2.45. The smallest absolute Gasteiger partial charge is 0.224 e. The summed E-state index contributed by atoms with van der Waals surface area (Å²) in [5.74, 6) is 0.183. The Kier molecular flexibility index (Phi) is 6.17. The summed E-state index contributed by atoms with van der Waals surface area (Å²) in [6, 6.07) is 8.02. The maximum Gasteiger partial charge on any atom is 0.224 e. The standard InChI is InChI=1S/C16H24N2O3/c1-13(15-4-2-3-14(11-15)12-19)17-6-5-16(20)18-7-9-21-10-8-18/h2-4,11,13,17,19H,5-10,12H2,1H3. The zero-order valence-corrected chi connectivity index (χ0v) is 12.5. The van der Waals surface area contributed by atoms with Crippen LogP contribution in [0.2, 0.25) is 0 Å². The number of hydrogen-bond donors (Lipinski definition) is 2. The van der Waals surface area contributed by atoms with Crippen molar-refractivity contribution >= 4 is 5.91 Å². The summed E-state index contributed by atoms with van der Waals surface area (Å²) in [7, 11) is 0. The first kappa shape index (κ1) is 15.9. The highest BCUT2D eigenvalue weighted by molar-refractivity contribution is 5.76. The van der Waals surface area contributed by atoms with Gasteiger partial charge in [0.15, 0.2) is 0 Å². The molecule has 0 bridgehead atoms. The average molecular weight is 292 g/mol. The number of carbonyl (C=O) groups excluding carboxylic acids is 1. The van der Waals surface area contributed by atoms with E-state index in [1.807, 2.05) is 29.2 Å². The number of aliphatic hydroxyl groups is 1. The molecule has 0 aromatic heterocycles. The van der Waals surface area contributed by atoms with Gasteiger partial charge in [0.2, 0.25) is 5.91 Å². The van der Waals surface area contributed by atoms with Crippen LogP contribution in [0.25, 0.3) is 0 Å². The summed E-state index contributed by atoms with van der Waals surface area (Å²) >= 11 is 0. The van der Waals surface area contributed by atoms with Crippen molar-refractivity contribution in [1.29, 1.82) is 0 Å². The summed E-state index contributed by atoms with van der Waals surface area (Å²) in [5.41, 5.74) is 2.03. The molecule has 1 heterocycles. The number of morpholine rings is 1. The molecule has 2 N–H and O–H groups in total. The summed E-state index contributed by atoms with van der Waals surface area (Å²) in [4.78, 5) is 13.9. The Morgan fingerprint density at radius 3 is 2.90 bits per heavy atom. The van der Waals surface area contributed by atoms with Crippen LogP contribution in [-0.4, -0.2) is 48.8 Å². The van der Waals surface area contributed by atoms with E-state index in [0.29, 0.717) is 39.3 Å². The zero-order valence-electron chi connectivity index (χ0n) is 12.5. The van der Waals surface area contributed by atoms with Crippen molar-refractivity contribution in [1.82, 2.24) is 10.2 Å². The van der Waals surface area contributed by atoms with E-state index >= 15 is 0 Å². The molecule has 5 heteroatoms. The van der Waals surface area contributed by atoms with Crippen LogP contribution in [0.15, 0.2) is 24.3 Å². The van der Waals surface area contributed by atoms with E-state index in [1.165, 1.54) is 0 Å². The van der Waals surface area contributed by atoms with Gasteiger partial charge >= 0.3 is 0 Å². The molecule has 0 spiro atoms. The lowest BCUT2D eigenvalue weighted by molar-refractivity contribution is -0.135. The molecule has 1 aliphatic heterocycles. The van der Waals surface area contributed by atoms with Crippen molar-refractivity contribution in [3.05, 3.63) is 35.4 Å². The number of rotatable bonds is 6. The van der Waals surface area contributed by atoms with E-state index in [1.54, 1.807) is 0 Å². The molecule has 21 heavy (non-hydrogen) atoms. The highest BCUT2D eigenvalue weighted by Crippen LogP contribution is 2.14. The molecule has 0 radical (unpaired) electrons. The monoisotopic (exact) mass is 292 g/mol. The number of benzene rings is 1. The second kappa shape index (κ2) is 8.12. The molecule has 1 atom stereocenters. The van der Waals surface area contributed by atoms with Crippen molar-refractivity contribution < 1.29 is 14.6 Å². The van der Waals surface area contributed by atoms with Crippen molar-refractivity contribution in [2.45, 2.75) is 26.0 Å². The molecule has 1 fully saturated rings. The summed E-state index contributed by atoms with van der Waals surface area (Å²) in [5, 5.41) is 12.5. The lowest BCUT2D eigenvalue weighted by atomic mass is 10.1. The third kappa shape index (κ3) is 4.81. The summed E-state index contributed by atoms with van der Waals surface area (Å²) in [6.07, 6.45) is 0.504. The van der Waals surface area contributed by atoms with E-state index in [4.69, 9.17) is 9.84 Å². The van der Waals surface area contributed by atoms with Gasteiger partial charge in [0.25, 0.3) is 0 Å². The topological polar surface area (TPSA) is 61.8 Å². The predicted molar refractivity (Wildman–Crippen MR) is 80.8 cm³/mol. The van der Waals surface area contributed by atoms with Crippen molar-refractivity contribution in [2.24, 2.45) is 0 Å². The van der Waals surface area contributed by atoms with E-state index in [2.05, 4.69) is 12.2 Å². The first-order valence-electron chi connectivity index (χ1n) is 7.49. The molecule has 116 valence electrons. The van der Waals surface area contributed by atoms with Gasteiger partial charge in [-0.2, -0.15) is 0 Å². The van der Waals surface area contributed by atoms with Crippen LogP contribution in [0.5, 0.6) is 0 Å². The molecule has 1 aliphatic rings. The van der Waals surface area contributed by atoms with E-state index in [9.17, 15) is 4.79 Å². The number of amides is 1. The highest BCUT2D eigenvalue weighted by Gasteiger charge is 2.16. The predicted octanol–water partition coefficient (Wildman–Crippen LogP) is 1.08. The Labute approximate surface area is 125 Å². The molecule has 0 aliphatic carbocycles. The molecule has 1 aromatic carbocycles. The third-order valence-electron chi connectivity index (χ3n) is 3.79. The molecule has 2 rings (SSSR count). The van der Waals surface area contributed by atoms with Gasteiger partial charge in [-0.05, 0) is 18.1 Å². The number of carbonyl (C=O) groups is 1. The van der Waals surface area contributed by atoms with Gasteiger partial charge in [0.05, 0.1) is 19.8 Å². The minimum atomic E-state index is 0.0517. The van der Waals surface area contributed by atoms with Gasteiger partial charge in [0, 0.05) is 32.1 Å². The molecule has 5 nitrogen and oxygen atoms in total. The summed E-state index contributed by atoms with van der Waals surface area (Å²) in [6.45, 7) is 5.46. The van der Waals surface area contributed by atoms with Gasteiger partial charge in [-0.3, -0.25) is 4.79 Å². The van der Waals surface area contributed by atoms with Crippen LogP contribution < -0.4 is 5.32 Å². The number of nitrogens with one attached hydrogen (secondary N) is 1. The van der Waals surface area contributed by atoms with Gasteiger partial charge in [-0.25, -0.2) is 0 Å². The maximum atomic E-state index is 12.0. The molecule has 1 aromatic rings. The second-order valence-electron chi connectivity index (χ2n) is 5.32. The maximum absolute atomic E-state index is 12.0. The van der Waals surface area contributed by atoms with E-state index in [-0.39, 0.29) is 18.6 Å². The Hall–Kier alpha value is -1.43. The molecule has 0 saturated carbocycles. The normalized spacial score (nSPS) is 16.8. The lowest BCUT2D eigenvalue weighted by Crippen LogP contribution is -2.41. The van der Waals surface area contributed by atoms with Crippen LogP contribution in [0.4, 0.5) is 0 Å². The second-order valence-corrected chi connectivity index (χ2v) is 5.32. The average Bonchev–Trinajstić information content (AvgIpc) is 2.55. The fourth-order valence-corrected chi connectivity index (χ4v) is 2.45. The molecule has 1 saturated heterocycles. The SMILES string of the molecule is CC(NCCC(=O)N1CCOCC1)c1cccc(CO)c1. The van der Waals surface area contributed by atoms with Crippen LogP contribution in [0.1, 0.15) is 30.5 Å². The van der Waals surface area contributed by atoms with Crippen LogP contribution >= 0.6 is 0 Å². The van der Waals surface area contributed by atoms with Crippen molar-refractivity contribution in [2.75, 3.05) is 32.8 Å². The number of aliphatic hydroxyl groups excluding tert-OH is 1. The number of ether oxygens (including phenoxy) is 1. The van der Waals surface area contributed by atoms with Crippen molar-refractivity contribution in [3.63, 3.8) is 0 Å². The largest absolute Gasteiger partial charge is 0.392 e. The minimum absolute atomic E-state index is 0.0517. The Morgan fingerprint density at radius 2 is 2.19 bits per heavy atom. The quantitative estimate of drug-likeness (QED) is 0.823. The highest BCUT2D eigenvalue weighted by atomic mass is 16.5. The minimum Gasteiger partial charge on any atom is -0.392 e. The molecular formula is C16H24N2O3. The number of hydrogen-bond acceptors (Lipinski definition) is 4. The third-order valence-corrected chi connectivity index (χ3v) is 3.79. The van der Waals surface area contributed by atoms with Crippen molar-refractivity contribution in [3.8, 4) is 0 Å². The van der Waals surface area contributed by atoms with Crippen LogP contribution in [-0.2, 0) is 16.1 Å². The summed E-state index contributed by atoms with van der Waals surface area (Å²) < 4.78 is 5.24. The Morgan fingerprint density at radius 1 is 1.43 bits per heavy atom. The first-order valence-corrected chi connectivity index (χ1v) is 7.49. The van der Waals surface area contributed by atoms with Crippen LogP contribution in [0, 0.1) is 0 Å².